The molecule has 4 rings (SSSR count). The maximum absolute atomic E-state index is 12.2. The Hall–Kier alpha value is -2.41. The second kappa shape index (κ2) is 6.15. The Morgan fingerprint density at radius 1 is 1.12 bits per heavy atom. The summed E-state index contributed by atoms with van der Waals surface area (Å²) in [6.45, 7) is 0.193. The van der Waals surface area contributed by atoms with E-state index in [-0.39, 0.29) is 18.6 Å². The summed E-state index contributed by atoms with van der Waals surface area (Å²) in [6, 6.07) is 7.62. The quantitative estimate of drug-likeness (QED) is 0.843. The molecule has 0 aliphatic carbocycles. The van der Waals surface area contributed by atoms with Gasteiger partial charge in [0.1, 0.15) is 0 Å². The lowest BCUT2D eigenvalue weighted by Crippen LogP contribution is -2.23. The number of carbonyl (C=O) groups excluding carboxylic acids is 1. The fourth-order valence-corrected chi connectivity index (χ4v) is 3.91. The van der Waals surface area contributed by atoms with Crippen molar-refractivity contribution >= 4 is 27.5 Å². The molecule has 2 aliphatic rings. The Morgan fingerprint density at radius 2 is 1.88 bits per heavy atom. The average Bonchev–Trinajstić information content (AvgIpc) is 3.05. The first kappa shape index (κ1) is 16.1. The summed E-state index contributed by atoms with van der Waals surface area (Å²) >= 11 is 3.52. The Morgan fingerprint density at radius 3 is 2.60 bits per heavy atom. The van der Waals surface area contributed by atoms with Gasteiger partial charge in [-0.3, -0.25) is 4.79 Å². The molecule has 1 amide bonds. The lowest BCUT2D eigenvalue weighted by Gasteiger charge is -2.27. The van der Waals surface area contributed by atoms with Crippen LogP contribution < -0.4 is 24.3 Å². The third-order valence-corrected chi connectivity index (χ3v) is 5.03. The summed E-state index contributed by atoms with van der Waals surface area (Å²) in [6.07, 6.45) is 0.342. The van der Waals surface area contributed by atoms with Crippen molar-refractivity contribution in [2.45, 2.75) is 12.3 Å². The van der Waals surface area contributed by atoms with Crippen LogP contribution in [0.5, 0.6) is 23.0 Å². The van der Waals surface area contributed by atoms with Crippen molar-refractivity contribution in [3.05, 3.63) is 39.9 Å². The molecule has 0 saturated heterocycles. The van der Waals surface area contributed by atoms with E-state index in [0.717, 1.165) is 21.3 Å². The molecular weight excluding hydrogens is 390 g/mol. The van der Waals surface area contributed by atoms with E-state index in [1.807, 2.05) is 24.3 Å². The Kier molecular flexibility index (Phi) is 3.95. The minimum Gasteiger partial charge on any atom is -0.493 e. The predicted molar refractivity (Wildman–Crippen MR) is 94.9 cm³/mol. The van der Waals surface area contributed by atoms with Crippen LogP contribution in [-0.4, -0.2) is 26.9 Å². The Balaban J connectivity index is 1.84. The molecule has 2 heterocycles. The minimum atomic E-state index is -0.116. The average molecular weight is 406 g/mol. The molecule has 2 aromatic rings. The molecule has 2 aromatic carbocycles. The van der Waals surface area contributed by atoms with Gasteiger partial charge in [-0.2, -0.15) is 0 Å². The van der Waals surface area contributed by atoms with Gasteiger partial charge in [0.05, 0.1) is 18.7 Å². The summed E-state index contributed by atoms with van der Waals surface area (Å²) in [5.41, 5.74) is 2.69. The van der Waals surface area contributed by atoms with E-state index in [1.165, 1.54) is 0 Å². The lowest BCUT2D eigenvalue weighted by atomic mass is 9.84. The number of fused-ring (bicyclic) bond motifs is 2. The summed E-state index contributed by atoms with van der Waals surface area (Å²) in [4.78, 5) is 12.2. The largest absolute Gasteiger partial charge is 0.493 e. The summed E-state index contributed by atoms with van der Waals surface area (Å²) in [7, 11) is 3.18. The maximum atomic E-state index is 12.2. The standard InChI is InChI=1S/C18H16BrNO5/c1-22-16-4-9(3-12(19)18(16)23-2)10-6-17(21)20-13-7-15-14(5-11(10)13)24-8-25-15/h3-5,7,10H,6,8H2,1-2H3,(H,20,21). The summed E-state index contributed by atoms with van der Waals surface area (Å²) in [5.74, 6) is 2.42. The van der Waals surface area contributed by atoms with Gasteiger partial charge < -0.3 is 24.3 Å². The Labute approximate surface area is 153 Å². The molecule has 6 nitrogen and oxygen atoms in total. The highest BCUT2D eigenvalue weighted by Gasteiger charge is 2.30. The van der Waals surface area contributed by atoms with Gasteiger partial charge in [-0.15, -0.1) is 0 Å². The molecule has 0 spiro atoms. The van der Waals surface area contributed by atoms with Crippen molar-refractivity contribution in [3.63, 3.8) is 0 Å². The molecule has 1 unspecified atom stereocenters. The Bertz CT molecular complexity index is 867. The summed E-state index contributed by atoms with van der Waals surface area (Å²) in [5, 5.41) is 2.91. The van der Waals surface area contributed by atoms with Gasteiger partial charge in [-0.05, 0) is 45.3 Å². The first-order chi connectivity index (χ1) is 12.1. The molecule has 0 radical (unpaired) electrons. The zero-order chi connectivity index (χ0) is 17.6. The number of amides is 1. The maximum Gasteiger partial charge on any atom is 0.231 e. The van der Waals surface area contributed by atoms with E-state index < -0.39 is 0 Å². The van der Waals surface area contributed by atoms with Crippen LogP contribution in [0.2, 0.25) is 0 Å². The molecule has 1 atom stereocenters. The number of halogens is 1. The molecule has 130 valence electrons. The minimum absolute atomic E-state index is 0.0396. The highest BCUT2D eigenvalue weighted by atomic mass is 79.9. The zero-order valence-corrected chi connectivity index (χ0v) is 15.3. The van der Waals surface area contributed by atoms with E-state index >= 15 is 0 Å². The second-order valence-corrected chi connectivity index (χ2v) is 6.69. The van der Waals surface area contributed by atoms with Gasteiger partial charge in [0.2, 0.25) is 12.7 Å². The smallest absolute Gasteiger partial charge is 0.231 e. The molecular formula is C18H16BrNO5. The number of ether oxygens (including phenoxy) is 4. The van der Waals surface area contributed by atoms with Crippen LogP contribution in [0, 0.1) is 0 Å². The fourth-order valence-electron chi connectivity index (χ4n) is 3.29. The van der Waals surface area contributed by atoms with Crippen LogP contribution in [0.3, 0.4) is 0 Å². The third-order valence-electron chi connectivity index (χ3n) is 4.44. The molecule has 7 heteroatoms. The van der Waals surface area contributed by atoms with Crippen LogP contribution in [0.25, 0.3) is 0 Å². The van der Waals surface area contributed by atoms with Crippen molar-refractivity contribution in [2.24, 2.45) is 0 Å². The van der Waals surface area contributed by atoms with Crippen LogP contribution in [0.15, 0.2) is 28.7 Å². The predicted octanol–water partition coefficient (Wildman–Crippen LogP) is 3.67. The van der Waals surface area contributed by atoms with Crippen molar-refractivity contribution in [2.75, 3.05) is 26.3 Å². The van der Waals surface area contributed by atoms with Gasteiger partial charge in [0.15, 0.2) is 23.0 Å². The first-order valence-electron chi connectivity index (χ1n) is 7.75. The highest BCUT2D eigenvalue weighted by Crippen LogP contribution is 2.47. The van der Waals surface area contributed by atoms with Crippen molar-refractivity contribution < 1.29 is 23.7 Å². The molecule has 0 aromatic heterocycles. The topological polar surface area (TPSA) is 66.0 Å². The number of carbonyl (C=O) groups is 1. The normalized spacial score (nSPS) is 17.7. The van der Waals surface area contributed by atoms with E-state index in [0.29, 0.717) is 29.4 Å². The molecule has 0 fully saturated rings. The molecule has 25 heavy (non-hydrogen) atoms. The first-order valence-corrected chi connectivity index (χ1v) is 8.55. The van der Waals surface area contributed by atoms with Gasteiger partial charge in [-0.1, -0.05) is 0 Å². The van der Waals surface area contributed by atoms with Gasteiger partial charge in [-0.25, -0.2) is 0 Å². The number of benzene rings is 2. The number of hydrogen-bond donors (Lipinski definition) is 1. The van der Waals surface area contributed by atoms with Crippen molar-refractivity contribution in [3.8, 4) is 23.0 Å². The van der Waals surface area contributed by atoms with E-state index in [9.17, 15) is 4.79 Å². The van der Waals surface area contributed by atoms with Crippen molar-refractivity contribution in [1.29, 1.82) is 0 Å². The number of anilines is 1. The van der Waals surface area contributed by atoms with Crippen LogP contribution >= 0.6 is 15.9 Å². The van der Waals surface area contributed by atoms with E-state index in [1.54, 1.807) is 14.2 Å². The monoisotopic (exact) mass is 405 g/mol. The molecule has 0 saturated carbocycles. The van der Waals surface area contributed by atoms with Gasteiger partial charge in [0.25, 0.3) is 0 Å². The number of rotatable bonds is 3. The van der Waals surface area contributed by atoms with Crippen LogP contribution in [0.1, 0.15) is 23.5 Å². The number of methoxy groups -OCH3 is 2. The lowest BCUT2D eigenvalue weighted by molar-refractivity contribution is -0.116. The molecule has 0 bridgehead atoms. The van der Waals surface area contributed by atoms with Crippen molar-refractivity contribution in [1.82, 2.24) is 0 Å². The van der Waals surface area contributed by atoms with Gasteiger partial charge >= 0.3 is 0 Å². The second-order valence-electron chi connectivity index (χ2n) is 5.84. The fraction of sp³-hybridized carbons (Fsp3) is 0.278. The SMILES string of the molecule is COc1cc(C2CC(=O)Nc3cc4c(cc32)OCO4)cc(Br)c1OC. The summed E-state index contributed by atoms with van der Waals surface area (Å²) < 4.78 is 22.5. The van der Waals surface area contributed by atoms with Gasteiger partial charge in [0, 0.05) is 24.1 Å². The van der Waals surface area contributed by atoms with E-state index in [2.05, 4.69) is 21.2 Å². The van der Waals surface area contributed by atoms with Crippen LogP contribution in [-0.2, 0) is 4.79 Å². The third kappa shape index (κ3) is 2.68. The number of hydrogen-bond acceptors (Lipinski definition) is 5. The molecule has 1 N–H and O–H groups in total. The number of nitrogens with one attached hydrogen (secondary N) is 1. The van der Waals surface area contributed by atoms with E-state index in [4.69, 9.17) is 18.9 Å². The highest BCUT2D eigenvalue weighted by molar-refractivity contribution is 9.10. The molecule has 2 aliphatic heterocycles. The van der Waals surface area contributed by atoms with Crippen LogP contribution in [0.4, 0.5) is 5.69 Å². The zero-order valence-electron chi connectivity index (χ0n) is 13.7.